The Balaban J connectivity index is 1.28. The molecule has 1 saturated heterocycles. The van der Waals surface area contributed by atoms with Gasteiger partial charge in [-0.25, -0.2) is 4.79 Å². The van der Waals surface area contributed by atoms with Crippen LogP contribution in [0.5, 0.6) is 0 Å². The van der Waals surface area contributed by atoms with Gasteiger partial charge < -0.3 is 34.7 Å². The molecule has 0 radical (unpaired) electrons. The number of carbonyl (C=O) groups excluding carboxylic acids is 2. The second kappa shape index (κ2) is 15.6. The maximum absolute atomic E-state index is 13.4. The number of fused-ring (bicyclic) bond motifs is 1. The lowest BCUT2D eigenvalue weighted by Gasteiger charge is -2.35. The lowest BCUT2D eigenvalue weighted by molar-refractivity contribution is -0.139. The molecule has 43 heavy (non-hydrogen) atoms. The number of ether oxygens (including phenoxy) is 1. The van der Waals surface area contributed by atoms with Crippen molar-refractivity contribution in [2.45, 2.75) is 57.9 Å². The van der Waals surface area contributed by atoms with Crippen molar-refractivity contribution in [1.29, 1.82) is 5.26 Å². The van der Waals surface area contributed by atoms with Crippen molar-refractivity contribution in [3.63, 3.8) is 0 Å². The predicted molar refractivity (Wildman–Crippen MR) is 164 cm³/mol. The maximum Gasteiger partial charge on any atom is 0.475 e. The van der Waals surface area contributed by atoms with Crippen molar-refractivity contribution >= 4 is 30.0 Å². The van der Waals surface area contributed by atoms with Gasteiger partial charge in [0, 0.05) is 37.7 Å². The van der Waals surface area contributed by atoms with Gasteiger partial charge in [-0.3, -0.25) is 4.79 Å². The summed E-state index contributed by atoms with van der Waals surface area (Å²) in [5.74, 6) is -1.92. The van der Waals surface area contributed by atoms with Crippen molar-refractivity contribution in [3.05, 3.63) is 71.5 Å². The molecule has 0 bridgehead atoms. The van der Waals surface area contributed by atoms with Gasteiger partial charge in [-0.2, -0.15) is 5.26 Å². The number of carbonyl (C=O) groups is 2. The summed E-state index contributed by atoms with van der Waals surface area (Å²) >= 11 is 0. The Morgan fingerprint density at radius 2 is 1.86 bits per heavy atom. The van der Waals surface area contributed by atoms with Gasteiger partial charge in [-0.05, 0) is 67.7 Å². The molecular formula is C32H41BN4O6. The summed E-state index contributed by atoms with van der Waals surface area (Å²) in [6.07, 6.45) is 4.48. The molecule has 1 aliphatic rings. The van der Waals surface area contributed by atoms with Gasteiger partial charge in [0.2, 0.25) is 5.91 Å². The number of nitrogens with zero attached hydrogens (tertiary/aromatic N) is 2. The molecule has 228 valence electrons. The number of urea groups is 1. The van der Waals surface area contributed by atoms with E-state index in [2.05, 4.69) is 16.7 Å². The number of furan rings is 1. The van der Waals surface area contributed by atoms with Gasteiger partial charge in [-0.1, -0.05) is 49.4 Å². The normalized spacial score (nSPS) is 15.7. The molecule has 1 fully saturated rings. The summed E-state index contributed by atoms with van der Waals surface area (Å²) in [5, 5.41) is 36.0. The highest BCUT2D eigenvalue weighted by atomic mass is 16.5. The number of rotatable bonds is 13. The van der Waals surface area contributed by atoms with Crippen LogP contribution in [-0.4, -0.2) is 72.3 Å². The summed E-state index contributed by atoms with van der Waals surface area (Å²) in [5.41, 5.74) is 3.49. The first-order valence-electron chi connectivity index (χ1n) is 15.0. The van der Waals surface area contributed by atoms with E-state index in [9.17, 15) is 24.9 Å². The Morgan fingerprint density at radius 3 is 2.58 bits per heavy atom. The van der Waals surface area contributed by atoms with Crippen LogP contribution in [0.2, 0.25) is 0 Å². The first-order valence-corrected chi connectivity index (χ1v) is 15.0. The molecule has 4 N–H and O–H groups in total. The molecule has 4 rings (SSSR count). The fourth-order valence-corrected chi connectivity index (χ4v) is 5.80. The van der Waals surface area contributed by atoms with Crippen LogP contribution >= 0.6 is 0 Å². The molecule has 0 aliphatic carbocycles. The summed E-state index contributed by atoms with van der Waals surface area (Å²) < 4.78 is 11.0. The zero-order valence-corrected chi connectivity index (χ0v) is 24.9. The van der Waals surface area contributed by atoms with E-state index >= 15 is 0 Å². The number of amides is 3. The zero-order valence-electron chi connectivity index (χ0n) is 24.9. The lowest BCUT2D eigenvalue weighted by Crippen LogP contribution is -2.51. The van der Waals surface area contributed by atoms with E-state index in [-0.39, 0.29) is 24.3 Å². The number of hydrogen-bond donors (Lipinski definition) is 4. The smallest absolute Gasteiger partial charge is 0.464 e. The molecule has 10 nitrogen and oxygen atoms in total. The first-order chi connectivity index (χ1) is 20.8. The Labute approximate surface area is 253 Å². The average molecular weight is 589 g/mol. The minimum Gasteiger partial charge on any atom is -0.464 e. The van der Waals surface area contributed by atoms with E-state index in [1.54, 1.807) is 6.26 Å². The molecule has 3 amide bonds. The van der Waals surface area contributed by atoms with Crippen molar-refractivity contribution in [2.75, 3.05) is 26.3 Å². The van der Waals surface area contributed by atoms with Crippen LogP contribution < -0.4 is 10.6 Å². The van der Waals surface area contributed by atoms with Gasteiger partial charge in [0.05, 0.1) is 18.3 Å². The quantitative estimate of drug-likeness (QED) is 0.224. The molecule has 2 unspecified atom stereocenters. The van der Waals surface area contributed by atoms with Crippen LogP contribution in [0.15, 0.2) is 59.2 Å². The molecule has 1 aromatic heterocycles. The zero-order chi connectivity index (χ0) is 30.8. The Hall–Kier alpha value is -3.85. The van der Waals surface area contributed by atoms with E-state index in [1.807, 2.05) is 67.3 Å². The van der Waals surface area contributed by atoms with Gasteiger partial charge >= 0.3 is 13.1 Å². The summed E-state index contributed by atoms with van der Waals surface area (Å²) in [7, 11) is -1.75. The molecule has 2 aromatic carbocycles. The molecule has 0 spiro atoms. The summed E-state index contributed by atoms with van der Waals surface area (Å²) in [6.45, 7) is 6.08. The third kappa shape index (κ3) is 8.60. The topological polar surface area (TPSA) is 148 Å². The van der Waals surface area contributed by atoms with Gasteiger partial charge in [0.15, 0.2) is 0 Å². The van der Waals surface area contributed by atoms with Gasteiger partial charge in [0.25, 0.3) is 0 Å². The Morgan fingerprint density at radius 1 is 1.12 bits per heavy atom. The van der Waals surface area contributed by atoms with Gasteiger partial charge in [0.1, 0.15) is 11.5 Å². The van der Waals surface area contributed by atoms with E-state index in [1.165, 1.54) is 0 Å². The van der Waals surface area contributed by atoms with E-state index in [0.29, 0.717) is 44.7 Å². The minimum atomic E-state index is -1.75. The largest absolute Gasteiger partial charge is 0.475 e. The minimum absolute atomic E-state index is 0.108. The van der Waals surface area contributed by atoms with Crippen molar-refractivity contribution in [3.8, 4) is 6.07 Å². The number of benzene rings is 2. The van der Waals surface area contributed by atoms with Crippen molar-refractivity contribution < 1.29 is 28.8 Å². The second-order valence-corrected chi connectivity index (χ2v) is 11.2. The van der Waals surface area contributed by atoms with Crippen LogP contribution in [0.4, 0.5) is 4.79 Å². The van der Waals surface area contributed by atoms with Crippen LogP contribution in [0.1, 0.15) is 43.4 Å². The first kappa shape index (κ1) is 32.1. The fourth-order valence-electron chi connectivity index (χ4n) is 5.80. The third-order valence-corrected chi connectivity index (χ3v) is 8.16. The summed E-state index contributed by atoms with van der Waals surface area (Å²) in [4.78, 5) is 27.8. The third-order valence-electron chi connectivity index (χ3n) is 8.16. The molecule has 3 atom stereocenters. The number of hydrogen-bond acceptors (Lipinski definition) is 7. The van der Waals surface area contributed by atoms with Crippen LogP contribution in [0, 0.1) is 23.2 Å². The Bertz CT molecular complexity index is 1400. The predicted octanol–water partition coefficient (Wildman–Crippen LogP) is 3.24. The SMILES string of the molecule is CCN(C(=O)C(C#N)C(C)Cc1cccc(CCNC(=O)N[C@@H](Cc2coc3ccccc23)B(O)O)c1)C1CCOCC1. The molecule has 2 heterocycles. The molecular weight excluding hydrogens is 547 g/mol. The molecule has 3 aromatic rings. The monoisotopic (exact) mass is 588 g/mol. The molecule has 0 saturated carbocycles. The lowest BCUT2D eigenvalue weighted by atomic mass is 9.76. The van der Waals surface area contributed by atoms with E-state index in [4.69, 9.17) is 9.15 Å². The van der Waals surface area contributed by atoms with E-state index < -0.39 is 25.0 Å². The van der Waals surface area contributed by atoms with Crippen LogP contribution in [-0.2, 0) is 28.8 Å². The van der Waals surface area contributed by atoms with Crippen molar-refractivity contribution in [1.82, 2.24) is 15.5 Å². The highest BCUT2D eigenvalue weighted by Gasteiger charge is 2.33. The average Bonchev–Trinajstić information content (AvgIpc) is 3.41. The molecule has 11 heteroatoms. The van der Waals surface area contributed by atoms with Crippen LogP contribution in [0.25, 0.3) is 11.0 Å². The van der Waals surface area contributed by atoms with Crippen molar-refractivity contribution in [2.24, 2.45) is 11.8 Å². The fraction of sp³-hybridized carbons (Fsp3) is 0.469. The number of para-hydroxylation sites is 1. The Kier molecular flexibility index (Phi) is 11.6. The molecule has 1 aliphatic heterocycles. The highest BCUT2D eigenvalue weighted by molar-refractivity contribution is 6.43. The standard InChI is InChI=1S/C32H41BN4O6/c1-3-37(26-12-15-42-16-13-26)31(38)28(20-34)22(2)17-24-8-6-7-23(18-24)11-14-35-32(39)36-30(33(40)41)19-25-21-43-29-10-5-4-9-27(25)29/h4-10,18,21-22,26,28,30,40-41H,3,11-17,19H2,1-2H3,(H2,35,36,39)/t22?,28?,30-/m0/s1. The maximum atomic E-state index is 13.4. The number of nitrogens with one attached hydrogen (secondary N) is 2. The van der Waals surface area contributed by atoms with E-state index in [0.717, 1.165) is 34.9 Å². The highest BCUT2D eigenvalue weighted by Crippen LogP contribution is 2.24. The van der Waals surface area contributed by atoms with Crippen LogP contribution in [0.3, 0.4) is 0 Å². The number of nitriles is 1. The van der Waals surface area contributed by atoms with Gasteiger partial charge in [-0.15, -0.1) is 0 Å². The summed E-state index contributed by atoms with van der Waals surface area (Å²) in [6, 6.07) is 17.2. The second-order valence-electron chi connectivity index (χ2n) is 11.2.